The van der Waals surface area contributed by atoms with Gasteiger partial charge in [0.05, 0.1) is 12.2 Å². The van der Waals surface area contributed by atoms with Crippen molar-refractivity contribution in [3.63, 3.8) is 0 Å². The number of hydrogen-bond donors (Lipinski definition) is 1. The zero-order valence-electron chi connectivity index (χ0n) is 13.5. The number of carbonyl (C=O) groups is 2. The van der Waals surface area contributed by atoms with Gasteiger partial charge in [-0.15, -0.1) is 0 Å². The summed E-state index contributed by atoms with van der Waals surface area (Å²) < 4.78 is 10.8. The van der Waals surface area contributed by atoms with Crippen molar-refractivity contribution in [3.8, 4) is 11.5 Å². The lowest BCUT2D eigenvalue weighted by atomic mass is 10.1. The van der Waals surface area contributed by atoms with Gasteiger partial charge in [-0.2, -0.15) is 0 Å². The highest BCUT2D eigenvalue weighted by molar-refractivity contribution is 6.31. The van der Waals surface area contributed by atoms with Crippen molar-refractivity contribution >= 4 is 29.0 Å². The minimum atomic E-state index is -0.330. The summed E-state index contributed by atoms with van der Waals surface area (Å²) in [6.45, 7) is 3.69. The Morgan fingerprint density at radius 3 is 2.42 bits per heavy atom. The quantitative estimate of drug-likeness (QED) is 0.770. The summed E-state index contributed by atoms with van der Waals surface area (Å²) in [6.07, 6.45) is 0. The second kappa shape index (κ2) is 8.36. The van der Waals surface area contributed by atoms with Crippen molar-refractivity contribution in [3.05, 3.63) is 53.1 Å². The molecule has 5 nitrogen and oxygen atoms in total. The summed E-state index contributed by atoms with van der Waals surface area (Å²) in [4.78, 5) is 23.6. The Bertz CT molecular complexity index is 728. The number of nitrogens with one attached hydrogen (secondary N) is 1. The average molecular weight is 348 g/mol. The summed E-state index contributed by atoms with van der Waals surface area (Å²) >= 11 is 5.87. The molecule has 1 N–H and O–H groups in total. The Balaban J connectivity index is 1.95. The van der Waals surface area contributed by atoms with Crippen LogP contribution in [0.5, 0.6) is 11.5 Å². The highest BCUT2D eigenvalue weighted by atomic mass is 35.5. The molecule has 2 aromatic carbocycles. The molecule has 6 heteroatoms. The molecule has 0 saturated carbocycles. The maximum absolute atomic E-state index is 12.0. The van der Waals surface area contributed by atoms with E-state index in [1.54, 1.807) is 36.4 Å². The van der Waals surface area contributed by atoms with Crippen molar-refractivity contribution in [2.45, 2.75) is 13.8 Å². The standard InChI is InChI=1S/C18H18ClNO4/c1-3-23-15-7-5-14(6-8-15)20-18(22)11-24-17-9-4-13(19)10-16(17)12(2)21/h4-10H,3,11H2,1-2H3,(H,20,22). The zero-order valence-corrected chi connectivity index (χ0v) is 14.2. The van der Waals surface area contributed by atoms with Crippen LogP contribution in [0.25, 0.3) is 0 Å². The van der Waals surface area contributed by atoms with Crippen LogP contribution in [0, 0.1) is 0 Å². The molecule has 0 heterocycles. The molecule has 0 fully saturated rings. The van der Waals surface area contributed by atoms with E-state index in [2.05, 4.69) is 5.32 Å². The van der Waals surface area contributed by atoms with Crippen molar-refractivity contribution < 1.29 is 19.1 Å². The first-order chi connectivity index (χ1) is 11.5. The summed E-state index contributed by atoms with van der Waals surface area (Å²) in [5.41, 5.74) is 0.978. The number of halogens is 1. The summed E-state index contributed by atoms with van der Waals surface area (Å²) in [7, 11) is 0. The fourth-order valence-corrected chi connectivity index (χ4v) is 2.22. The molecule has 0 aliphatic heterocycles. The zero-order chi connectivity index (χ0) is 17.5. The van der Waals surface area contributed by atoms with Crippen LogP contribution in [-0.4, -0.2) is 24.9 Å². The molecule has 24 heavy (non-hydrogen) atoms. The number of carbonyl (C=O) groups excluding carboxylic acids is 2. The molecule has 0 saturated heterocycles. The first-order valence-corrected chi connectivity index (χ1v) is 7.83. The number of rotatable bonds is 7. The first kappa shape index (κ1) is 17.8. The predicted octanol–water partition coefficient (Wildman–Crippen LogP) is 3.96. The van der Waals surface area contributed by atoms with E-state index in [0.29, 0.717) is 28.6 Å². The maximum Gasteiger partial charge on any atom is 0.262 e. The average Bonchev–Trinajstić information content (AvgIpc) is 2.55. The lowest BCUT2D eigenvalue weighted by Gasteiger charge is -2.11. The van der Waals surface area contributed by atoms with E-state index in [4.69, 9.17) is 21.1 Å². The van der Waals surface area contributed by atoms with Crippen LogP contribution in [-0.2, 0) is 4.79 Å². The normalized spacial score (nSPS) is 10.1. The third-order valence-corrected chi connectivity index (χ3v) is 3.36. The molecule has 0 bridgehead atoms. The van der Waals surface area contributed by atoms with Crippen molar-refractivity contribution in [2.75, 3.05) is 18.5 Å². The van der Waals surface area contributed by atoms with Gasteiger partial charge in [-0.3, -0.25) is 9.59 Å². The molecule has 0 aliphatic rings. The Morgan fingerprint density at radius 1 is 1.08 bits per heavy atom. The van der Waals surface area contributed by atoms with Gasteiger partial charge in [-0.05, 0) is 56.3 Å². The van der Waals surface area contributed by atoms with Gasteiger partial charge in [0, 0.05) is 10.7 Å². The highest BCUT2D eigenvalue weighted by Crippen LogP contribution is 2.23. The first-order valence-electron chi connectivity index (χ1n) is 7.45. The molecule has 0 aliphatic carbocycles. The van der Waals surface area contributed by atoms with E-state index in [0.717, 1.165) is 5.75 Å². The van der Waals surface area contributed by atoms with E-state index in [1.165, 1.54) is 13.0 Å². The van der Waals surface area contributed by atoms with E-state index in [-0.39, 0.29) is 18.3 Å². The molecule has 0 atom stereocenters. The van der Waals surface area contributed by atoms with Gasteiger partial charge in [-0.25, -0.2) is 0 Å². The monoisotopic (exact) mass is 347 g/mol. The molecule has 1 amide bonds. The number of Topliss-reactive ketones (excluding diaryl/α,β-unsaturated/α-hetero) is 1. The molecule has 0 spiro atoms. The van der Waals surface area contributed by atoms with Crippen LogP contribution >= 0.6 is 11.6 Å². The third-order valence-electron chi connectivity index (χ3n) is 3.13. The molecule has 2 rings (SSSR count). The Morgan fingerprint density at radius 2 is 1.79 bits per heavy atom. The lowest BCUT2D eigenvalue weighted by Crippen LogP contribution is -2.20. The minimum absolute atomic E-state index is 0.181. The number of amides is 1. The lowest BCUT2D eigenvalue weighted by molar-refractivity contribution is -0.118. The van der Waals surface area contributed by atoms with Crippen LogP contribution in [0.3, 0.4) is 0 Å². The van der Waals surface area contributed by atoms with Gasteiger partial charge in [0.25, 0.3) is 5.91 Å². The molecule has 2 aromatic rings. The number of hydrogen-bond acceptors (Lipinski definition) is 4. The fraction of sp³-hybridized carbons (Fsp3) is 0.222. The van der Waals surface area contributed by atoms with Gasteiger partial charge < -0.3 is 14.8 Å². The van der Waals surface area contributed by atoms with Crippen LogP contribution < -0.4 is 14.8 Å². The van der Waals surface area contributed by atoms with Crippen LogP contribution in [0.15, 0.2) is 42.5 Å². The Hall–Kier alpha value is -2.53. The predicted molar refractivity (Wildman–Crippen MR) is 93.2 cm³/mol. The molecule has 0 radical (unpaired) electrons. The van der Waals surface area contributed by atoms with Crippen molar-refractivity contribution in [1.82, 2.24) is 0 Å². The summed E-state index contributed by atoms with van der Waals surface area (Å²) in [5, 5.41) is 3.15. The third kappa shape index (κ3) is 4.99. The summed E-state index contributed by atoms with van der Waals surface area (Å²) in [5.74, 6) is 0.552. The molecular weight excluding hydrogens is 330 g/mol. The van der Waals surface area contributed by atoms with E-state index >= 15 is 0 Å². The SMILES string of the molecule is CCOc1ccc(NC(=O)COc2ccc(Cl)cc2C(C)=O)cc1. The van der Waals surface area contributed by atoms with E-state index in [1.807, 2.05) is 6.92 Å². The molecule has 0 aromatic heterocycles. The molecular formula is C18H18ClNO4. The molecule has 0 unspecified atom stereocenters. The largest absolute Gasteiger partial charge is 0.494 e. The molecule has 126 valence electrons. The highest BCUT2D eigenvalue weighted by Gasteiger charge is 2.11. The smallest absolute Gasteiger partial charge is 0.262 e. The number of ether oxygens (including phenoxy) is 2. The number of anilines is 1. The van der Waals surface area contributed by atoms with Crippen LogP contribution in [0.1, 0.15) is 24.2 Å². The van der Waals surface area contributed by atoms with Crippen molar-refractivity contribution in [1.29, 1.82) is 0 Å². The topological polar surface area (TPSA) is 64.6 Å². The van der Waals surface area contributed by atoms with Gasteiger partial charge in [0.15, 0.2) is 12.4 Å². The van der Waals surface area contributed by atoms with Gasteiger partial charge >= 0.3 is 0 Å². The Kier molecular flexibility index (Phi) is 6.21. The van der Waals surface area contributed by atoms with Gasteiger partial charge in [0.2, 0.25) is 0 Å². The van der Waals surface area contributed by atoms with E-state index in [9.17, 15) is 9.59 Å². The van der Waals surface area contributed by atoms with Crippen molar-refractivity contribution in [2.24, 2.45) is 0 Å². The van der Waals surface area contributed by atoms with E-state index < -0.39 is 0 Å². The van der Waals surface area contributed by atoms with Gasteiger partial charge in [-0.1, -0.05) is 11.6 Å². The second-order valence-electron chi connectivity index (χ2n) is 4.99. The number of ketones is 1. The Labute approximate surface area is 145 Å². The fourth-order valence-electron chi connectivity index (χ4n) is 2.04. The summed E-state index contributed by atoms with van der Waals surface area (Å²) in [6, 6.07) is 11.7. The van der Waals surface area contributed by atoms with Crippen LogP contribution in [0.2, 0.25) is 5.02 Å². The maximum atomic E-state index is 12.0. The second-order valence-corrected chi connectivity index (χ2v) is 5.43. The van der Waals surface area contributed by atoms with Crippen LogP contribution in [0.4, 0.5) is 5.69 Å². The van der Waals surface area contributed by atoms with Gasteiger partial charge in [0.1, 0.15) is 11.5 Å². The minimum Gasteiger partial charge on any atom is -0.494 e. The number of benzene rings is 2.